The second-order valence-corrected chi connectivity index (χ2v) is 7.38. The van der Waals surface area contributed by atoms with E-state index in [4.69, 9.17) is 5.11 Å². The summed E-state index contributed by atoms with van der Waals surface area (Å²) in [5.74, 6) is -1.79. The van der Waals surface area contributed by atoms with Crippen LogP contribution in [0.15, 0.2) is 29.2 Å². The summed E-state index contributed by atoms with van der Waals surface area (Å²) in [5, 5.41) is 11.1. The van der Waals surface area contributed by atoms with Crippen LogP contribution in [0.3, 0.4) is 0 Å². The molecule has 0 spiro atoms. The van der Waals surface area contributed by atoms with Crippen molar-refractivity contribution in [3.05, 3.63) is 29.8 Å². The van der Waals surface area contributed by atoms with Crippen molar-refractivity contribution < 1.29 is 23.1 Å². The number of carbonyl (C=O) groups excluding carboxylic acids is 1. The van der Waals surface area contributed by atoms with Crippen molar-refractivity contribution in [1.29, 1.82) is 0 Å². The molecule has 0 heterocycles. The fourth-order valence-corrected chi connectivity index (χ4v) is 3.83. The summed E-state index contributed by atoms with van der Waals surface area (Å²) in [7, 11) is -3.69. The van der Waals surface area contributed by atoms with Gasteiger partial charge in [0, 0.05) is 11.6 Å². The Labute approximate surface area is 135 Å². The van der Waals surface area contributed by atoms with Crippen molar-refractivity contribution in [2.75, 3.05) is 0 Å². The fourth-order valence-electron chi connectivity index (χ4n) is 2.48. The van der Waals surface area contributed by atoms with Crippen molar-refractivity contribution in [2.45, 2.75) is 49.6 Å². The van der Waals surface area contributed by atoms with Crippen LogP contribution in [-0.4, -0.2) is 37.5 Å². The highest BCUT2D eigenvalue weighted by atomic mass is 32.2. The smallest absolute Gasteiger partial charge is 0.325 e. The number of carboxylic acids is 1. The van der Waals surface area contributed by atoms with E-state index in [1.165, 1.54) is 31.2 Å². The minimum Gasteiger partial charge on any atom is -0.480 e. The summed E-state index contributed by atoms with van der Waals surface area (Å²) in [6, 6.07) is 4.45. The lowest BCUT2D eigenvalue weighted by Gasteiger charge is -2.14. The van der Waals surface area contributed by atoms with Gasteiger partial charge in [-0.1, -0.05) is 18.9 Å². The summed E-state index contributed by atoms with van der Waals surface area (Å²) < 4.78 is 27.4. The summed E-state index contributed by atoms with van der Waals surface area (Å²) >= 11 is 0. The molecular formula is C15H20N2O5S. The maximum atomic E-state index is 12.4. The van der Waals surface area contributed by atoms with Crippen LogP contribution < -0.4 is 10.0 Å². The largest absolute Gasteiger partial charge is 0.480 e. The Hall–Kier alpha value is -1.93. The number of hydrogen-bond donors (Lipinski definition) is 3. The van der Waals surface area contributed by atoms with Gasteiger partial charge in [0.15, 0.2) is 0 Å². The van der Waals surface area contributed by atoms with Gasteiger partial charge in [0.1, 0.15) is 6.04 Å². The SMILES string of the molecule is C[C@@H](NC(=O)c1cccc(S(=O)(=O)NC2CCCC2)c1)C(=O)O. The number of nitrogens with one attached hydrogen (secondary N) is 2. The highest BCUT2D eigenvalue weighted by molar-refractivity contribution is 7.89. The molecule has 0 radical (unpaired) electrons. The molecule has 1 aromatic carbocycles. The molecule has 1 amide bonds. The minimum atomic E-state index is -3.69. The van der Waals surface area contributed by atoms with E-state index < -0.39 is 27.9 Å². The molecule has 1 aliphatic carbocycles. The van der Waals surface area contributed by atoms with Crippen LogP contribution in [0.1, 0.15) is 43.0 Å². The number of carbonyl (C=O) groups is 2. The Kier molecular flexibility index (Phi) is 5.38. The Morgan fingerprint density at radius 3 is 2.52 bits per heavy atom. The molecule has 0 saturated heterocycles. The number of benzene rings is 1. The number of aliphatic carboxylic acids is 1. The van der Waals surface area contributed by atoms with Gasteiger partial charge in [-0.3, -0.25) is 9.59 Å². The average molecular weight is 340 g/mol. The summed E-state index contributed by atoms with van der Waals surface area (Å²) in [4.78, 5) is 22.8. The third-order valence-corrected chi connectivity index (χ3v) is 5.32. The normalized spacial score (nSPS) is 16.9. The maximum Gasteiger partial charge on any atom is 0.325 e. The van der Waals surface area contributed by atoms with Crippen LogP contribution in [0, 0.1) is 0 Å². The lowest BCUT2D eigenvalue weighted by atomic mass is 10.2. The van der Waals surface area contributed by atoms with Gasteiger partial charge in [-0.25, -0.2) is 13.1 Å². The second-order valence-electron chi connectivity index (χ2n) is 5.66. The van der Waals surface area contributed by atoms with E-state index in [1.807, 2.05) is 0 Å². The first-order valence-corrected chi connectivity index (χ1v) is 8.94. The third kappa shape index (κ3) is 4.52. The molecule has 1 aromatic rings. The first-order valence-electron chi connectivity index (χ1n) is 7.45. The third-order valence-electron chi connectivity index (χ3n) is 3.80. The zero-order valence-electron chi connectivity index (χ0n) is 12.8. The van der Waals surface area contributed by atoms with Gasteiger partial charge < -0.3 is 10.4 Å². The van der Waals surface area contributed by atoms with Crippen LogP contribution in [0.5, 0.6) is 0 Å². The Bertz CT molecular complexity index is 696. The van der Waals surface area contributed by atoms with Crippen LogP contribution >= 0.6 is 0 Å². The summed E-state index contributed by atoms with van der Waals surface area (Å²) in [6.45, 7) is 1.34. The van der Waals surface area contributed by atoms with Gasteiger partial charge in [-0.2, -0.15) is 0 Å². The van der Waals surface area contributed by atoms with Gasteiger partial charge >= 0.3 is 5.97 Å². The minimum absolute atomic E-state index is 0.0000260. The van der Waals surface area contributed by atoms with Crippen molar-refractivity contribution >= 4 is 21.9 Å². The molecule has 3 N–H and O–H groups in total. The second kappa shape index (κ2) is 7.10. The monoisotopic (exact) mass is 340 g/mol. The number of carboxylic acid groups (broad SMARTS) is 1. The average Bonchev–Trinajstić information content (AvgIpc) is 2.99. The fraction of sp³-hybridized carbons (Fsp3) is 0.467. The lowest BCUT2D eigenvalue weighted by molar-refractivity contribution is -0.138. The van der Waals surface area contributed by atoms with E-state index in [-0.39, 0.29) is 16.5 Å². The summed E-state index contributed by atoms with van der Waals surface area (Å²) in [6.07, 6.45) is 3.64. The first-order chi connectivity index (χ1) is 10.8. The molecule has 2 rings (SSSR count). The highest BCUT2D eigenvalue weighted by Crippen LogP contribution is 2.20. The molecule has 1 saturated carbocycles. The van der Waals surface area contributed by atoms with Gasteiger partial charge in [-0.05, 0) is 38.0 Å². The molecule has 1 fully saturated rings. The Balaban J connectivity index is 2.15. The topological polar surface area (TPSA) is 113 Å². The van der Waals surface area contributed by atoms with Gasteiger partial charge in [0.25, 0.3) is 5.91 Å². The Morgan fingerprint density at radius 1 is 1.26 bits per heavy atom. The van der Waals surface area contributed by atoms with Gasteiger partial charge in [0.05, 0.1) is 4.90 Å². The highest BCUT2D eigenvalue weighted by Gasteiger charge is 2.24. The van der Waals surface area contributed by atoms with Gasteiger partial charge in [-0.15, -0.1) is 0 Å². The predicted octanol–water partition coefficient (Wildman–Crippen LogP) is 1.11. The van der Waals surface area contributed by atoms with Crippen molar-refractivity contribution in [3.8, 4) is 0 Å². The van der Waals surface area contributed by atoms with E-state index in [9.17, 15) is 18.0 Å². The van der Waals surface area contributed by atoms with E-state index in [0.29, 0.717) is 0 Å². The maximum absolute atomic E-state index is 12.4. The Morgan fingerprint density at radius 2 is 1.91 bits per heavy atom. The van der Waals surface area contributed by atoms with Crippen LogP contribution in [-0.2, 0) is 14.8 Å². The van der Waals surface area contributed by atoms with Crippen LogP contribution in [0.25, 0.3) is 0 Å². The predicted molar refractivity (Wildman–Crippen MR) is 83.6 cm³/mol. The molecule has 0 unspecified atom stereocenters. The molecule has 1 aliphatic rings. The summed E-state index contributed by atoms with van der Waals surface area (Å²) in [5.41, 5.74) is 0.104. The molecule has 23 heavy (non-hydrogen) atoms. The first kappa shape index (κ1) is 17.4. The number of amides is 1. The van der Waals surface area contributed by atoms with Crippen molar-refractivity contribution in [1.82, 2.24) is 10.0 Å². The zero-order chi connectivity index (χ0) is 17.0. The molecule has 7 nitrogen and oxygen atoms in total. The number of hydrogen-bond acceptors (Lipinski definition) is 4. The van der Waals surface area contributed by atoms with Crippen molar-refractivity contribution in [3.63, 3.8) is 0 Å². The molecule has 8 heteroatoms. The molecule has 0 bridgehead atoms. The van der Waals surface area contributed by atoms with Crippen molar-refractivity contribution in [2.24, 2.45) is 0 Å². The zero-order valence-corrected chi connectivity index (χ0v) is 13.6. The lowest BCUT2D eigenvalue weighted by Crippen LogP contribution is -2.38. The van der Waals surface area contributed by atoms with E-state index >= 15 is 0 Å². The number of sulfonamides is 1. The van der Waals surface area contributed by atoms with E-state index in [1.54, 1.807) is 0 Å². The van der Waals surface area contributed by atoms with E-state index in [0.717, 1.165) is 25.7 Å². The van der Waals surface area contributed by atoms with E-state index in [2.05, 4.69) is 10.0 Å². The molecular weight excluding hydrogens is 320 g/mol. The molecule has 0 aliphatic heterocycles. The van der Waals surface area contributed by atoms with Crippen LogP contribution in [0.2, 0.25) is 0 Å². The standard InChI is InChI=1S/C15H20N2O5S/c1-10(15(19)20)16-14(18)11-5-4-8-13(9-11)23(21,22)17-12-6-2-3-7-12/h4-5,8-10,12,17H,2-3,6-7H2,1H3,(H,16,18)(H,19,20)/t10-/m1/s1. The quantitative estimate of drug-likeness (QED) is 0.718. The number of rotatable bonds is 6. The molecule has 1 atom stereocenters. The van der Waals surface area contributed by atoms with Crippen LogP contribution in [0.4, 0.5) is 0 Å². The van der Waals surface area contributed by atoms with Gasteiger partial charge in [0.2, 0.25) is 10.0 Å². The molecule has 126 valence electrons. The molecule has 0 aromatic heterocycles.